The third-order valence-electron chi connectivity index (χ3n) is 3.28. The molecule has 0 saturated heterocycles. The lowest BCUT2D eigenvalue weighted by Crippen LogP contribution is -2.20. The van der Waals surface area contributed by atoms with Gasteiger partial charge in [-0.2, -0.15) is 0 Å². The predicted octanol–water partition coefficient (Wildman–Crippen LogP) is 5.01. The van der Waals surface area contributed by atoms with Gasteiger partial charge in [-0.25, -0.2) is 0 Å². The van der Waals surface area contributed by atoms with Gasteiger partial charge in [0.25, 0.3) is 5.56 Å². The summed E-state index contributed by atoms with van der Waals surface area (Å²) in [5.74, 6) is 0. The highest BCUT2D eigenvalue weighted by Gasteiger charge is 2.07. The summed E-state index contributed by atoms with van der Waals surface area (Å²) in [5, 5.41) is 0.640. The van der Waals surface area contributed by atoms with Crippen LogP contribution in [0.25, 0.3) is 10.4 Å². The van der Waals surface area contributed by atoms with Gasteiger partial charge in [0.1, 0.15) is 0 Å². The van der Waals surface area contributed by atoms with Gasteiger partial charge in [0.2, 0.25) is 0 Å². The van der Waals surface area contributed by atoms with Crippen LogP contribution in [0.2, 0.25) is 5.02 Å². The number of hydrogen-bond donors (Lipinski definition) is 0. The standard InChI is InChI=1S/C17H12ClNOS2/c18-14-9-5-4-8-13(14)11-19-16(20)10-15(22-17(19)21)12-6-2-1-3-7-12/h1-10H,11H2. The molecule has 22 heavy (non-hydrogen) atoms. The van der Waals surface area contributed by atoms with E-state index < -0.39 is 0 Å². The summed E-state index contributed by atoms with van der Waals surface area (Å²) in [7, 11) is 0. The van der Waals surface area contributed by atoms with Crippen molar-refractivity contribution in [1.29, 1.82) is 0 Å². The molecule has 0 unspecified atom stereocenters. The molecule has 1 heterocycles. The van der Waals surface area contributed by atoms with Gasteiger partial charge in [-0.05, 0) is 29.4 Å². The molecule has 3 aromatic rings. The Balaban J connectivity index is 2.03. The van der Waals surface area contributed by atoms with E-state index in [1.54, 1.807) is 10.6 Å². The maximum atomic E-state index is 12.4. The van der Waals surface area contributed by atoms with Crippen molar-refractivity contribution in [3.05, 3.63) is 85.6 Å². The van der Waals surface area contributed by atoms with E-state index in [1.807, 2.05) is 54.6 Å². The fraction of sp³-hybridized carbons (Fsp3) is 0.0588. The van der Waals surface area contributed by atoms with E-state index >= 15 is 0 Å². The van der Waals surface area contributed by atoms with E-state index in [1.165, 1.54) is 11.3 Å². The molecule has 0 aliphatic rings. The monoisotopic (exact) mass is 345 g/mol. The summed E-state index contributed by atoms with van der Waals surface area (Å²) in [6, 6.07) is 18.9. The van der Waals surface area contributed by atoms with E-state index in [0.717, 1.165) is 16.0 Å². The molecule has 5 heteroatoms. The molecule has 1 aromatic heterocycles. The van der Waals surface area contributed by atoms with Crippen LogP contribution in [-0.2, 0) is 6.54 Å². The second-order valence-electron chi connectivity index (χ2n) is 4.76. The minimum Gasteiger partial charge on any atom is -0.286 e. The Morgan fingerprint density at radius 3 is 2.41 bits per heavy atom. The second kappa shape index (κ2) is 6.57. The van der Waals surface area contributed by atoms with Crippen molar-refractivity contribution >= 4 is 35.2 Å². The van der Waals surface area contributed by atoms with Gasteiger partial charge in [-0.15, -0.1) is 11.3 Å². The summed E-state index contributed by atoms with van der Waals surface area (Å²) in [6.45, 7) is 0.392. The first-order valence-corrected chi connectivity index (χ1v) is 8.29. The zero-order valence-electron chi connectivity index (χ0n) is 11.5. The maximum Gasteiger partial charge on any atom is 0.253 e. The number of aromatic nitrogens is 1. The highest BCUT2D eigenvalue weighted by molar-refractivity contribution is 7.73. The van der Waals surface area contributed by atoms with Crippen LogP contribution in [0.4, 0.5) is 0 Å². The highest BCUT2D eigenvalue weighted by Crippen LogP contribution is 2.23. The van der Waals surface area contributed by atoms with Crippen molar-refractivity contribution < 1.29 is 0 Å². The second-order valence-corrected chi connectivity index (χ2v) is 6.84. The molecule has 3 rings (SSSR count). The molecular weight excluding hydrogens is 334 g/mol. The smallest absolute Gasteiger partial charge is 0.253 e. The summed E-state index contributed by atoms with van der Waals surface area (Å²) < 4.78 is 2.12. The minimum atomic E-state index is -0.109. The molecule has 0 aliphatic carbocycles. The quantitative estimate of drug-likeness (QED) is 0.622. The summed E-state index contributed by atoms with van der Waals surface area (Å²) in [6.07, 6.45) is 0. The van der Waals surface area contributed by atoms with Gasteiger partial charge in [0.05, 0.1) is 6.54 Å². The van der Waals surface area contributed by atoms with E-state index in [9.17, 15) is 4.79 Å². The molecule has 0 aliphatic heterocycles. The number of rotatable bonds is 3. The van der Waals surface area contributed by atoms with Gasteiger partial charge in [-0.3, -0.25) is 9.36 Å². The summed E-state index contributed by atoms with van der Waals surface area (Å²) in [4.78, 5) is 13.3. The molecule has 0 spiro atoms. The van der Waals surface area contributed by atoms with Crippen LogP contribution >= 0.6 is 35.2 Å². The van der Waals surface area contributed by atoms with Crippen LogP contribution in [0.15, 0.2) is 65.5 Å². The lowest BCUT2D eigenvalue weighted by molar-refractivity contribution is 0.762. The third-order valence-corrected chi connectivity index (χ3v) is 5.09. The number of halogens is 1. The van der Waals surface area contributed by atoms with Gasteiger partial charge in [0, 0.05) is 16.0 Å². The van der Waals surface area contributed by atoms with Crippen molar-refractivity contribution in [2.75, 3.05) is 0 Å². The molecular formula is C17H12ClNOS2. The van der Waals surface area contributed by atoms with E-state index in [4.69, 9.17) is 23.8 Å². The highest BCUT2D eigenvalue weighted by atomic mass is 35.5. The van der Waals surface area contributed by atoms with Crippen molar-refractivity contribution in [1.82, 2.24) is 4.57 Å². The van der Waals surface area contributed by atoms with E-state index in [-0.39, 0.29) is 5.56 Å². The maximum absolute atomic E-state index is 12.4. The van der Waals surface area contributed by atoms with E-state index in [2.05, 4.69) is 0 Å². The first kappa shape index (κ1) is 15.2. The summed E-state index contributed by atoms with van der Waals surface area (Å²) in [5.41, 5.74) is 1.78. The minimum absolute atomic E-state index is 0.109. The Hall–Kier alpha value is -1.75. The van der Waals surface area contributed by atoms with Crippen molar-refractivity contribution in [2.45, 2.75) is 6.54 Å². The summed E-state index contributed by atoms with van der Waals surface area (Å²) >= 11 is 13.0. The van der Waals surface area contributed by atoms with Crippen LogP contribution in [0.1, 0.15) is 5.56 Å². The topological polar surface area (TPSA) is 22.0 Å². The van der Waals surface area contributed by atoms with Crippen LogP contribution in [0.3, 0.4) is 0 Å². The van der Waals surface area contributed by atoms with Crippen molar-refractivity contribution in [2.24, 2.45) is 0 Å². The molecule has 0 fully saturated rings. The van der Waals surface area contributed by atoms with Crippen LogP contribution in [-0.4, -0.2) is 4.57 Å². The fourth-order valence-corrected chi connectivity index (χ4v) is 3.63. The molecule has 2 nitrogen and oxygen atoms in total. The first-order valence-electron chi connectivity index (χ1n) is 6.69. The van der Waals surface area contributed by atoms with Crippen LogP contribution < -0.4 is 5.56 Å². The van der Waals surface area contributed by atoms with Gasteiger partial charge in [0.15, 0.2) is 3.95 Å². The SMILES string of the molecule is O=c1cc(-c2ccccc2)sc(=S)n1Cc1ccccc1Cl. The average molecular weight is 346 g/mol. The first-order chi connectivity index (χ1) is 10.6. The Morgan fingerprint density at radius 1 is 1.05 bits per heavy atom. The lowest BCUT2D eigenvalue weighted by Gasteiger charge is -2.08. The zero-order chi connectivity index (χ0) is 15.5. The number of hydrogen-bond acceptors (Lipinski definition) is 3. The third kappa shape index (κ3) is 3.19. The molecule has 0 atom stereocenters. The lowest BCUT2D eigenvalue weighted by atomic mass is 10.2. The zero-order valence-corrected chi connectivity index (χ0v) is 13.9. The Kier molecular flexibility index (Phi) is 4.52. The van der Waals surface area contributed by atoms with Crippen LogP contribution in [0, 0.1) is 3.95 Å². The molecule has 0 radical (unpaired) electrons. The number of nitrogens with zero attached hydrogens (tertiary/aromatic N) is 1. The normalized spacial score (nSPS) is 10.6. The molecule has 2 aromatic carbocycles. The van der Waals surface area contributed by atoms with Gasteiger partial charge in [-0.1, -0.05) is 60.1 Å². The fourth-order valence-electron chi connectivity index (χ4n) is 2.14. The Labute approximate surface area is 142 Å². The molecule has 0 bridgehead atoms. The Bertz CT molecular complexity index is 884. The molecule has 0 saturated carbocycles. The largest absolute Gasteiger partial charge is 0.286 e. The predicted molar refractivity (Wildman–Crippen MR) is 95.4 cm³/mol. The van der Waals surface area contributed by atoms with Crippen molar-refractivity contribution in [3.8, 4) is 10.4 Å². The van der Waals surface area contributed by atoms with Gasteiger partial charge >= 0.3 is 0 Å². The average Bonchev–Trinajstić information content (AvgIpc) is 2.53. The van der Waals surface area contributed by atoms with Crippen molar-refractivity contribution in [3.63, 3.8) is 0 Å². The molecule has 0 amide bonds. The van der Waals surface area contributed by atoms with Gasteiger partial charge < -0.3 is 0 Å². The Morgan fingerprint density at radius 2 is 1.73 bits per heavy atom. The number of benzene rings is 2. The van der Waals surface area contributed by atoms with Crippen LogP contribution in [0.5, 0.6) is 0 Å². The van der Waals surface area contributed by atoms with E-state index in [0.29, 0.717) is 15.5 Å². The molecule has 0 N–H and O–H groups in total. The molecule has 110 valence electrons.